The van der Waals surface area contributed by atoms with Crippen LogP contribution in [0, 0.1) is 10.1 Å². The number of nitro groups is 1. The second-order valence-electron chi connectivity index (χ2n) is 6.14. The van der Waals surface area contributed by atoms with E-state index in [9.17, 15) is 55.2 Å². The van der Waals surface area contributed by atoms with Crippen LogP contribution in [0.3, 0.4) is 0 Å². The number of hydrogen-bond acceptors (Lipinski definition) is 6. The maximum absolute atomic E-state index is 13.4. The van der Waals surface area contributed by atoms with E-state index in [1.807, 2.05) is 0 Å². The zero-order valence-electron chi connectivity index (χ0n) is 15.2. The molecule has 15 heteroatoms. The normalized spacial score (nSPS) is 12.4. The van der Waals surface area contributed by atoms with E-state index >= 15 is 0 Å². The molecule has 0 saturated carbocycles. The van der Waals surface area contributed by atoms with E-state index in [1.165, 1.54) is 0 Å². The minimum Gasteiger partial charge on any atom is -0.485 e. The van der Waals surface area contributed by atoms with Crippen LogP contribution >= 0.6 is 11.6 Å². The highest BCUT2D eigenvalue weighted by Gasteiger charge is 2.73. The van der Waals surface area contributed by atoms with Gasteiger partial charge in [-0.25, -0.2) is 0 Å². The summed E-state index contributed by atoms with van der Waals surface area (Å²) in [7, 11) is 0. The van der Waals surface area contributed by atoms with Crippen LogP contribution in [0.1, 0.15) is 30.1 Å². The third kappa shape index (κ3) is 6.12. The number of carbonyl (C=O) groups is 3. The zero-order valence-corrected chi connectivity index (χ0v) is 16.0. The molecule has 31 heavy (non-hydrogen) atoms. The van der Waals surface area contributed by atoms with Gasteiger partial charge in [-0.2, -0.15) is 30.7 Å². The van der Waals surface area contributed by atoms with Gasteiger partial charge >= 0.3 is 18.0 Å². The van der Waals surface area contributed by atoms with Crippen LogP contribution in [-0.2, 0) is 9.59 Å². The van der Waals surface area contributed by atoms with Crippen LogP contribution in [0.5, 0.6) is 5.75 Å². The first-order valence-electron chi connectivity index (χ1n) is 7.88. The predicted molar refractivity (Wildman–Crippen MR) is 88.8 cm³/mol. The molecule has 1 aromatic carbocycles. The van der Waals surface area contributed by atoms with E-state index in [0.717, 1.165) is 6.92 Å². The van der Waals surface area contributed by atoms with Crippen molar-refractivity contribution in [3.05, 3.63) is 32.8 Å². The van der Waals surface area contributed by atoms with Crippen molar-refractivity contribution in [1.82, 2.24) is 0 Å². The number of hydrogen-bond donors (Lipinski definition) is 0. The van der Waals surface area contributed by atoms with Crippen molar-refractivity contribution in [2.75, 3.05) is 6.61 Å². The van der Waals surface area contributed by atoms with E-state index < -0.39 is 81.8 Å². The number of rotatable bonds is 10. The van der Waals surface area contributed by atoms with Gasteiger partial charge in [0.25, 0.3) is 5.69 Å². The highest BCUT2D eigenvalue weighted by atomic mass is 35.5. The van der Waals surface area contributed by atoms with Crippen LogP contribution in [0.4, 0.5) is 36.4 Å². The number of ether oxygens (including phenoxy) is 1. The summed E-state index contributed by atoms with van der Waals surface area (Å²) in [6.45, 7) is -1.52. The summed E-state index contributed by atoms with van der Waals surface area (Å²) < 4.78 is 93.4. The van der Waals surface area contributed by atoms with Crippen LogP contribution in [-0.4, -0.2) is 46.9 Å². The standard InChI is InChI=1S/C16H11ClF7NO6/c1-7(26)2-8(27)3-12(28)9-4-13(10(17)5-11(9)25(29)30)31-6-14(18,19)15(20,21)16(22,23)24/h4-5H,2-3,6H2,1H3. The summed E-state index contributed by atoms with van der Waals surface area (Å²) in [5.41, 5.74) is -1.95. The molecule has 0 aliphatic carbocycles. The Balaban J connectivity index is 3.25. The summed E-state index contributed by atoms with van der Waals surface area (Å²) in [4.78, 5) is 44.6. The van der Waals surface area contributed by atoms with E-state index in [-0.39, 0.29) is 0 Å². The number of alkyl halides is 7. The second-order valence-corrected chi connectivity index (χ2v) is 6.55. The van der Waals surface area contributed by atoms with Crippen molar-refractivity contribution in [2.24, 2.45) is 0 Å². The lowest BCUT2D eigenvalue weighted by molar-refractivity contribution is -0.385. The number of Topliss-reactive ketones (excluding diaryl/α,β-unsaturated/α-hetero) is 3. The van der Waals surface area contributed by atoms with E-state index in [2.05, 4.69) is 4.74 Å². The molecular weight excluding hydrogens is 471 g/mol. The zero-order chi connectivity index (χ0) is 24.4. The highest BCUT2D eigenvalue weighted by molar-refractivity contribution is 6.32. The first-order valence-corrected chi connectivity index (χ1v) is 8.26. The molecule has 172 valence electrons. The summed E-state index contributed by atoms with van der Waals surface area (Å²) in [5, 5.41) is 10.2. The Labute approximate surface area is 173 Å². The minimum absolute atomic E-state index is 0.353. The fraction of sp³-hybridized carbons (Fsp3) is 0.438. The largest absolute Gasteiger partial charge is 0.485 e. The van der Waals surface area contributed by atoms with Crippen LogP contribution in [0.15, 0.2) is 12.1 Å². The smallest absolute Gasteiger partial charge is 0.460 e. The first-order chi connectivity index (χ1) is 13.9. The number of nitrogens with zero attached hydrogens (tertiary/aromatic N) is 1. The molecule has 7 nitrogen and oxygen atoms in total. The Morgan fingerprint density at radius 1 is 1.06 bits per heavy atom. The summed E-state index contributed by atoms with van der Waals surface area (Å²) >= 11 is 5.55. The molecule has 0 N–H and O–H groups in total. The van der Waals surface area contributed by atoms with Gasteiger partial charge in [0, 0.05) is 6.07 Å². The monoisotopic (exact) mass is 481 g/mol. The van der Waals surface area contributed by atoms with Crippen LogP contribution in [0.2, 0.25) is 5.02 Å². The number of nitro benzene ring substituents is 1. The van der Waals surface area contributed by atoms with E-state index in [4.69, 9.17) is 11.6 Å². The first kappa shape index (κ1) is 26.3. The summed E-state index contributed by atoms with van der Waals surface area (Å²) in [6, 6.07) is 0.755. The lowest BCUT2D eigenvalue weighted by Gasteiger charge is -2.28. The van der Waals surface area contributed by atoms with Crippen molar-refractivity contribution in [2.45, 2.75) is 37.8 Å². The molecule has 1 rings (SSSR count). The van der Waals surface area contributed by atoms with Gasteiger partial charge in [-0.15, -0.1) is 0 Å². The quantitative estimate of drug-likeness (QED) is 0.159. The maximum Gasteiger partial charge on any atom is 0.460 e. The van der Waals surface area contributed by atoms with Gasteiger partial charge in [0.1, 0.15) is 17.3 Å². The third-order valence-electron chi connectivity index (χ3n) is 3.58. The van der Waals surface area contributed by atoms with Crippen molar-refractivity contribution < 1.29 is 54.8 Å². The van der Waals surface area contributed by atoms with Crippen molar-refractivity contribution in [3.63, 3.8) is 0 Å². The molecule has 0 unspecified atom stereocenters. The average Bonchev–Trinajstić information content (AvgIpc) is 2.58. The highest BCUT2D eigenvalue weighted by Crippen LogP contribution is 2.47. The summed E-state index contributed by atoms with van der Waals surface area (Å²) in [5.74, 6) is -16.1. The summed E-state index contributed by atoms with van der Waals surface area (Å²) in [6.07, 6.45) is -8.32. The van der Waals surface area contributed by atoms with Crippen molar-refractivity contribution in [1.29, 1.82) is 0 Å². The van der Waals surface area contributed by atoms with Gasteiger partial charge < -0.3 is 4.74 Å². The second kappa shape index (κ2) is 9.16. The van der Waals surface area contributed by atoms with Crippen LogP contribution in [0.25, 0.3) is 0 Å². The molecule has 0 fully saturated rings. The molecule has 0 aliphatic rings. The number of carbonyl (C=O) groups excluding carboxylic acids is 3. The van der Waals surface area contributed by atoms with Crippen molar-refractivity contribution >= 4 is 34.6 Å². The molecule has 0 bridgehead atoms. The van der Waals surface area contributed by atoms with Gasteiger partial charge in [0.2, 0.25) is 0 Å². The molecule has 0 radical (unpaired) electrons. The predicted octanol–water partition coefficient (Wildman–Crippen LogP) is 4.58. The minimum atomic E-state index is -6.61. The maximum atomic E-state index is 13.4. The van der Waals surface area contributed by atoms with Gasteiger partial charge in [0.05, 0.1) is 28.4 Å². The lowest BCUT2D eigenvalue weighted by Crippen LogP contribution is -2.54. The third-order valence-corrected chi connectivity index (χ3v) is 3.87. The molecule has 0 aliphatic heterocycles. The Bertz CT molecular complexity index is 916. The van der Waals surface area contributed by atoms with E-state index in [0.29, 0.717) is 12.1 Å². The van der Waals surface area contributed by atoms with Gasteiger partial charge in [-0.05, 0) is 13.0 Å². The molecule has 0 spiro atoms. The molecule has 0 atom stereocenters. The van der Waals surface area contributed by atoms with Crippen LogP contribution < -0.4 is 4.74 Å². The van der Waals surface area contributed by atoms with Gasteiger partial charge in [0.15, 0.2) is 12.4 Å². The SMILES string of the molecule is CC(=O)CC(=O)CC(=O)c1cc(OCC(F)(F)C(F)(F)C(F)(F)F)c(Cl)cc1[N+](=O)[O-]. The van der Waals surface area contributed by atoms with E-state index in [1.54, 1.807) is 0 Å². The fourth-order valence-electron chi connectivity index (χ4n) is 2.11. The van der Waals surface area contributed by atoms with Crippen molar-refractivity contribution in [3.8, 4) is 5.75 Å². The Kier molecular flexibility index (Phi) is 7.76. The topological polar surface area (TPSA) is 104 Å². The number of halogens is 8. The van der Waals surface area contributed by atoms with Gasteiger partial charge in [-0.3, -0.25) is 24.5 Å². The lowest BCUT2D eigenvalue weighted by atomic mass is 10.0. The molecule has 0 saturated heterocycles. The van der Waals surface area contributed by atoms with Gasteiger partial charge in [-0.1, -0.05) is 11.6 Å². The Hall–Kier alpha value is -2.77. The Morgan fingerprint density at radius 3 is 2.06 bits per heavy atom. The Morgan fingerprint density at radius 2 is 1.61 bits per heavy atom. The molecule has 1 aromatic rings. The molecular formula is C16H11ClF7NO6. The number of ketones is 3. The fourth-order valence-corrected chi connectivity index (χ4v) is 2.32. The molecule has 0 amide bonds. The molecule has 0 heterocycles. The molecule has 0 aromatic heterocycles. The average molecular weight is 482 g/mol. The number of benzene rings is 1.